The number of fused-ring (bicyclic) bond motifs is 2. The molecule has 2 aliphatic rings. The Bertz CT molecular complexity index is 1930. The lowest BCUT2D eigenvalue weighted by Gasteiger charge is -2.29. The Kier molecular flexibility index (Phi) is 7.17. The van der Waals surface area contributed by atoms with Crippen LogP contribution in [0.5, 0.6) is 0 Å². The van der Waals surface area contributed by atoms with Gasteiger partial charge in [-0.3, -0.25) is 15.0 Å². The van der Waals surface area contributed by atoms with Crippen molar-refractivity contribution in [3.05, 3.63) is 83.2 Å². The number of anilines is 2. The van der Waals surface area contributed by atoms with Crippen LogP contribution in [0.3, 0.4) is 0 Å². The van der Waals surface area contributed by atoms with E-state index < -0.39 is 30.0 Å². The molecule has 0 spiro atoms. The van der Waals surface area contributed by atoms with E-state index in [2.05, 4.69) is 44.6 Å². The number of rotatable bonds is 8. The highest BCUT2D eigenvalue weighted by Gasteiger charge is 2.47. The van der Waals surface area contributed by atoms with Gasteiger partial charge in [-0.05, 0) is 63.4 Å². The topological polar surface area (TPSA) is 125 Å². The van der Waals surface area contributed by atoms with Crippen LogP contribution in [-0.4, -0.2) is 33.2 Å². The highest BCUT2D eigenvalue weighted by molar-refractivity contribution is 5.99. The highest BCUT2D eigenvalue weighted by atomic mass is 19.4. The Balaban J connectivity index is 1.48. The Labute approximate surface area is 256 Å². The van der Waals surface area contributed by atoms with E-state index in [1.807, 2.05) is 17.3 Å². The molecule has 0 saturated heterocycles. The van der Waals surface area contributed by atoms with Gasteiger partial charge in [-0.1, -0.05) is 12.1 Å². The van der Waals surface area contributed by atoms with Crippen LogP contribution < -0.4 is 21.6 Å². The lowest BCUT2D eigenvalue weighted by molar-refractivity contribution is -0.206. The van der Waals surface area contributed by atoms with Crippen LogP contribution in [0.25, 0.3) is 21.8 Å². The summed E-state index contributed by atoms with van der Waals surface area (Å²) >= 11 is 0. The Morgan fingerprint density at radius 1 is 1.04 bits per heavy atom. The molecule has 1 aliphatic heterocycles. The SMILES string of the molecule is CC1(N2C=C([C@@H](Nc3cc(C#N)c4ncc(C#N)c(NCC(C)(C)C(F)(F)F)c4c3)c3ccc(F)c4ncccc34)NN2)CC1. The predicted molar refractivity (Wildman–Crippen MR) is 161 cm³/mol. The number of hydrazine groups is 2. The van der Waals surface area contributed by atoms with E-state index in [0.717, 1.165) is 26.7 Å². The van der Waals surface area contributed by atoms with Crippen molar-refractivity contribution in [2.45, 2.75) is 51.4 Å². The average molecular weight is 616 g/mol. The first-order chi connectivity index (χ1) is 21.3. The second kappa shape index (κ2) is 10.8. The summed E-state index contributed by atoms with van der Waals surface area (Å²) in [4.78, 5) is 8.54. The molecule has 4 N–H and O–H groups in total. The lowest BCUT2D eigenvalue weighted by Crippen LogP contribution is -2.43. The average Bonchev–Trinajstić information content (AvgIpc) is 3.56. The van der Waals surface area contributed by atoms with Crippen LogP contribution in [0, 0.1) is 33.9 Å². The monoisotopic (exact) mass is 615 g/mol. The van der Waals surface area contributed by atoms with Gasteiger partial charge in [0.25, 0.3) is 0 Å². The van der Waals surface area contributed by atoms with Crippen molar-refractivity contribution in [1.29, 1.82) is 10.5 Å². The maximum absolute atomic E-state index is 14.8. The molecule has 6 rings (SSSR count). The maximum atomic E-state index is 14.8. The number of nitrogens with zero attached hydrogens (tertiary/aromatic N) is 5. The lowest BCUT2D eigenvalue weighted by atomic mass is 9.92. The zero-order valence-electron chi connectivity index (χ0n) is 24.6. The van der Waals surface area contributed by atoms with Gasteiger partial charge in [0.05, 0.1) is 45.0 Å². The minimum atomic E-state index is -4.50. The molecule has 0 bridgehead atoms. The van der Waals surface area contributed by atoms with Gasteiger partial charge in [-0.2, -0.15) is 23.7 Å². The molecule has 45 heavy (non-hydrogen) atoms. The fraction of sp³-hybridized carbons (Fsp3) is 0.312. The number of alkyl halides is 3. The van der Waals surface area contributed by atoms with Gasteiger partial charge in [-0.25, -0.2) is 4.39 Å². The number of benzene rings is 2. The van der Waals surface area contributed by atoms with Crippen LogP contribution in [0.4, 0.5) is 28.9 Å². The molecular weight excluding hydrogens is 586 g/mol. The van der Waals surface area contributed by atoms with Gasteiger partial charge < -0.3 is 16.1 Å². The predicted octanol–water partition coefficient (Wildman–Crippen LogP) is 6.54. The number of nitrogens with one attached hydrogen (secondary N) is 4. The minimum absolute atomic E-state index is 0.0337. The zero-order valence-corrected chi connectivity index (χ0v) is 24.6. The molecule has 4 aromatic rings. The third kappa shape index (κ3) is 5.40. The first-order valence-corrected chi connectivity index (χ1v) is 14.3. The molecule has 230 valence electrons. The van der Waals surface area contributed by atoms with E-state index in [9.17, 15) is 28.1 Å². The molecule has 0 radical (unpaired) electrons. The number of nitriles is 2. The summed E-state index contributed by atoms with van der Waals surface area (Å²) in [5.41, 5.74) is 6.81. The van der Waals surface area contributed by atoms with E-state index >= 15 is 0 Å². The summed E-state index contributed by atoms with van der Waals surface area (Å²) in [5.74, 6) is -0.475. The van der Waals surface area contributed by atoms with E-state index in [4.69, 9.17) is 0 Å². The van der Waals surface area contributed by atoms with Crippen LogP contribution in [-0.2, 0) is 0 Å². The summed E-state index contributed by atoms with van der Waals surface area (Å²) in [5, 5.41) is 29.0. The van der Waals surface area contributed by atoms with Crippen LogP contribution >= 0.6 is 0 Å². The first-order valence-electron chi connectivity index (χ1n) is 14.3. The third-order valence-electron chi connectivity index (χ3n) is 8.52. The van der Waals surface area contributed by atoms with Crippen LogP contribution in [0.15, 0.2) is 60.7 Å². The maximum Gasteiger partial charge on any atom is 0.395 e. The number of hydrogen-bond donors (Lipinski definition) is 4. The van der Waals surface area contributed by atoms with E-state index in [0.29, 0.717) is 27.7 Å². The second-order valence-electron chi connectivity index (χ2n) is 12.2. The molecule has 1 atom stereocenters. The van der Waals surface area contributed by atoms with Crippen molar-refractivity contribution in [3.8, 4) is 12.1 Å². The molecular formula is C32H29F4N9. The van der Waals surface area contributed by atoms with Crippen molar-refractivity contribution in [3.63, 3.8) is 0 Å². The normalized spacial score (nSPS) is 16.5. The van der Waals surface area contributed by atoms with Gasteiger partial charge in [0, 0.05) is 41.6 Å². The molecule has 2 aromatic heterocycles. The molecule has 13 heteroatoms. The van der Waals surface area contributed by atoms with E-state index in [-0.39, 0.29) is 33.4 Å². The van der Waals surface area contributed by atoms with Crippen molar-refractivity contribution in [2.75, 3.05) is 17.2 Å². The summed E-state index contributed by atoms with van der Waals surface area (Å²) in [6, 6.07) is 13.2. The molecule has 1 fully saturated rings. The third-order valence-corrected chi connectivity index (χ3v) is 8.52. The Morgan fingerprint density at radius 3 is 2.49 bits per heavy atom. The van der Waals surface area contributed by atoms with Gasteiger partial charge in [0.2, 0.25) is 0 Å². The smallest absolute Gasteiger partial charge is 0.382 e. The Hall–Kier alpha value is -5.14. The molecule has 0 amide bonds. The van der Waals surface area contributed by atoms with Gasteiger partial charge in [0.15, 0.2) is 0 Å². The molecule has 1 aliphatic carbocycles. The standard InChI is InChI=1S/C32H29F4N9/c1-30(2,32(34,35)36)17-41-27-19(14-38)15-40-26-18(13-37)11-20(12-23(26)27)42-29(25-16-45(44-43-25)31(3)8-9-31)22-6-7-24(33)28-21(22)5-4-10-39-28/h4-7,10-12,15-16,29,42-44H,8-9,17H2,1-3H3,(H,40,41)/t29-/m0/s1. The first kappa shape index (κ1) is 29.9. The zero-order chi connectivity index (χ0) is 32.1. The van der Waals surface area contributed by atoms with Crippen LogP contribution in [0.2, 0.25) is 0 Å². The number of hydrogen-bond acceptors (Lipinski definition) is 9. The van der Waals surface area contributed by atoms with Crippen LogP contribution in [0.1, 0.15) is 56.3 Å². The Morgan fingerprint density at radius 2 is 1.80 bits per heavy atom. The number of pyridine rings is 2. The summed E-state index contributed by atoms with van der Waals surface area (Å²) in [7, 11) is 0. The summed E-state index contributed by atoms with van der Waals surface area (Å²) < 4.78 is 55.9. The second-order valence-corrected chi connectivity index (χ2v) is 12.2. The molecule has 2 aromatic carbocycles. The fourth-order valence-corrected chi connectivity index (χ4v) is 5.25. The van der Waals surface area contributed by atoms with Gasteiger partial charge in [0.1, 0.15) is 23.5 Å². The van der Waals surface area contributed by atoms with Crippen molar-refractivity contribution in [2.24, 2.45) is 5.41 Å². The molecule has 1 saturated carbocycles. The molecule has 0 unspecified atom stereocenters. The minimum Gasteiger partial charge on any atom is -0.382 e. The van der Waals surface area contributed by atoms with Crippen molar-refractivity contribution < 1.29 is 17.6 Å². The van der Waals surface area contributed by atoms with Crippen molar-refractivity contribution >= 4 is 33.2 Å². The van der Waals surface area contributed by atoms with Gasteiger partial charge >= 0.3 is 6.18 Å². The quantitative estimate of drug-likeness (QED) is 0.164. The molecule has 3 heterocycles. The number of halogens is 4. The van der Waals surface area contributed by atoms with E-state index in [1.165, 1.54) is 18.5 Å². The fourth-order valence-electron chi connectivity index (χ4n) is 5.25. The largest absolute Gasteiger partial charge is 0.395 e. The molecule has 9 nitrogen and oxygen atoms in total. The number of aromatic nitrogens is 2. The highest BCUT2D eigenvalue weighted by Crippen LogP contribution is 2.43. The summed E-state index contributed by atoms with van der Waals surface area (Å²) in [6.45, 7) is 3.74. The van der Waals surface area contributed by atoms with E-state index in [1.54, 1.807) is 30.3 Å². The van der Waals surface area contributed by atoms with Gasteiger partial charge in [-0.15, -0.1) is 5.53 Å². The van der Waals surface area contributed by atoms with Crippen molar-refractivity contribution in [1.82, 2.24) is 25.9 Å². The summed E-state index contributed by atoms with van der Waals surface area (Å²) in [6.07, 6.45) is 2.19.